The van der Waals surface area contributed by atoms with Crippen molar-refractivity contribution in [2.75, 3.05) is 26.3 Å². The number of ether oxygens (including phenoxy) is 2. The van der Waals surface area contributed by atoms with Crippen molar-refractivity contribution < 1.29 is 36.3 Å². The summed E-state index contributed by atoms with van der Waals surface area (Å²) in [6, 6.07) is 10.7. The highest BCUT2D eigenvalue weighted by atomic mass is 35.5. The van der Waals surface area contributed by atoms with Crippen LogP contribution in [0.25, 0.3) is 0 Å². The molecule has 278 valence electrons. The first-order valence-corrected chi connectivity index (χ1v) is 19.0. The number of piperazine rings is 1. The topological polar surface area (TPSA) is 105 Å². The summed E-state index contributed by atoms with van der Waals surface area (Å²) in [7, 11) is -4.12. The minimum absolute atomic E-state index is 0.0244. The second-order valence-electron chi connectivity index (χ2n) is 14.1. The van der Waals surface area contributed by atoms with Gasteiger partial charge in [-0.1, -0.05) is 30.3 Å². The van der Waals surface area contributed by atoms with Crippen LogP contribution < -0.4 is 5.32 Å². The molecule has 2 fully saturated rings. The van der Waals surface area contributed by atoms with Crippen molar-refractivity contribution in [1.29, 1.82) is 0 Å². The van der Waals surface area contributed by atoms with E-state index in [0.29, 0.717) is 30.1 Å². The lowest BCUT2D eigenvalue weighted by Crippen LogP contribution is -2.61. The van der Waals surface area contributed by atoms with Gasteiger partial charge in [0.05, 0.1) is 11.2 Å². The Morgan fingerprint density at radius 2 is 1.75 bits per heavy atom. The predicted molar refractivity (Wildman–Crippen MR) is 194 cm³/mol. The van der Waals surface area contributed by atoms with Crippen LogP contribution in [0.15, 0.2) is 89.8 Å². The lowest BCUT2D eigenvalue weighted by Gasteiger charge is -2.44. The molecule has 2 aliphatic rings. The van der Waals surface area contributed by atoms with Gasteiger partial charge in [0.1, 0.15) is 11.4 Å². The SMILES string of the molecule is C=C(CCC1CN(C(=O)OC(C)(C)C)CC(C)N1S(=O)(=O)c1ccc(F)cc1)C(=CC=CF)NC(=O)CC(c1ccc(Cl)cc1)C1CCOCC1. The third kappa shape index (κ3) is 11.2. The molecule has 4 rings (SSSR count). The van der Waals surface area contributed by atoms with Gasteiger partial charge in [-0.2, -0.15) is 4.31 Å². The van der Waals surface area contributed by atoms with Crippen molar-refractivity contribution in [3.05, 3.63) is 101 Å². The number of hydrogen-bond acceptors (Lipinski definition) is 6. The maximum Gasteiger partial charge on any atom is 0.410 e. The number of rotatable bonds is 12. The molecule has 0 aromatic heterocycles. The van der Waals surface area contributed by atoms with Gasteiger partial charge in [-0.05, 0) is 125 Å². The Bertz CT molecular complexity index is 1690. The Morgan fingerprint density at radius 1 is 1.10 bits per heavy atom. The molecule has 9 nitrogen and oxygen atoms in total. The van der Waals surface area contributed by atoms with Gasteiger partial charge in [-0.25, -0.2) is 22.0 Å². The highest BCUT2D eigenvalue weighted by molar-refractivity contribution is 7.89. The van der Waals surface area contributed by atoms with Gasteiger partial charge in [-0.3, -0.25) is 4.79 Å². The smallest absolute Gasteiger partial charge is 0.410 e. The number of hydrogen-bond donors (Lipinski definition) is 1. The van der Waals surface area contributed by atoms with E-state index in [0.717, 1.165) is 36.6 Å². The van der Waals surface area contributed by atoms with E-state index in [1.54, 1.807) is 39.8 Å². The van der Waals surface area contributed by atoms with E-state index in [2.05, 4.69) is 11.9 Å². The highest BCUT2D eigenvalue weighted by Crippen LogP contribution is 2.36. The van der Waals surface area contributed by atoms with Crippen LogP contribution in [0.3, 0.4) is 0 Å². The van der Waals surface area contributed by atoms with Gasteiger partial charge < -0.3 is 19.7 Å². The van der Waals surface area contributed by atoms with Crippen molar-refractivity contribution in [2.45, 2.75) is 88.3 Å². The molecular formula is C38H48ClF2N3O6S. The molecule has 2 amide bonds. The molecule has 0 aliphatic carbocycles. The fourth-order valence-electron chi connectivity index (χ4n) is 6.67. The molecule has 2 saturated heterocycles. The van der Waals surface area contributed by atoms with Crippen molar-refractivity contribution in [1.82, 2.24) is 14.5 Å². The maximum absolute atomic E-state index is 14.0. The third-order valence-corrected chi connectivity index (χ3v) is 11.4. The van der Waals surface area contributed by atoms with E-state index in [-0.39, 0.29) is 60.7 Å². The van der Waals surface area contributed by atoms with Crippen LogP contribution in [0.5, 0.6) is 0 Å². The Balaban J connectivity index is 1.55. The largest absolute Gasteiger partial charge is 0.444 e. The Hall–Kier alpha value is -3.58. The highest BCUT2D eigenvalue weighted by Gasteiger charge is 2.42. The fourth-order valence-corrected chi connectivity index (χ4v) is 8.62. The van der Waals surface area contributed by atoms with Crippen LogP contribution in [0.1, 0.15) is 71.3 Å². The van der Waals surface area contributed by atoms with Gasteiger partial charge in [-0.15, -0.1) is 0 Å². The second kappa shape index (κ2) is 17.8. The summed E-state index contributed by atoms with van der Waals surface area (Å²) in [5, 5.41) is 3.52. The second-order valence-corrected chi connectivity index (χ2v) is 16.4. The number of nitrogens with one attached hydrogen (secondary N) is 1. The normalized spacial score (nSPS) is 20.3. The maximum atomic E-state index is 14.0. The number of carbonyl (C=O) groups is 2. The van der Waals surface area contributed by atoms with Gasteiger partial charge in [0.2, 0.25) is 15.9 Å². The molecule has 2 aliphatic heterocycles. The van der Waals surface area contributed by atoms with Crippen LogP contribution >= 0.6 is 11.6 Å². The summed E-state index contributed by atoms with van der Waals surface area (Å²) in [6.07, 6.45) is 4.49. The van der Waals surface area contributed by atoms with Gasteiger partial charge >= 0.3 is 6.09 Å². The molecular weight excluding hydrogens is 700 g/mol. The van der Waals surface area contributed by atoms with Crippen LogP contribution in [-0.4, -0.2) is 73.6 Å². The van der Waals surface area contributed by atoms with Crippen LogP contribution in [0.4, 0.5) is 13.6 Å². The summed E-state index contributed by atoms with van der Waals surface area (Å²) in [5.74, 6) is -0.753. The molecule has 2 aromatic rings. The molecule has 0 saturated carbocycles. The van der Waals surface area contributed by atoms with E-state index in [4.69, 9.17) is 21.1 Å². The van der Waals surface area contributed by atoms with Crippen LogP contribution in [0.2, 0.25) is 5.02 Å². The molecule has 3 atom stereocenters. The number of benzene rings is 2. The summed E-state index contributed by atoms with van der Waals surface area (Å²) < 4.78 is 67.4. The Morgan fingerprint density at radius 3 is 2.35 bits per heavy atom. The van der Waals surface area contributed by atoms with Crippen molar-refractivity contribution in [3.63, 3.8) is 0 Å². The summed E-state index contributed by atoms with van der Waals surface area (Å²) in [4.78, 5) is 28.2. The summed E-state index contributed by atoms with van der Waals surface area (Å²) in [6.45, 7) is 12.5. The monoisotopic (exact) mass is 747 g/mol. The minimum atomic E-state index is -4.12. The zero-order chi connectivity index (χ0) is 37.3. The van der Waals surface area contributed by atoms with Gasteiger partial charge in [0.25, 0.3) is 0 Å². The summed E-state index contributed by atoms with van der Waals surface area (Å²) >= 11 is 6.14. The molecule has 2 aromatic carbocycles. The molecule has 3 unspecified atom stereocenters. The molecule has 51 heavy (non-hydrogen) atoms. The molecule has 0 radical (unpaired) electrons. The minimum Gasteiger partial charge on any atom is -0.444 e. The molecule has 0 spiro atoms. The van der Waals surface area contributed by atoms with Crippen molar-refractivity contribution in [2.24, 2.45) is 5.92 Å². The molecule has 2 heterocycles. The van der Waals surface area contributed by atoms with Gasteiger partial charge in [0, 0.05) is 55.5 Å². The molecule has 0 bridgehead atoms. The first-order chi connectivity index (χ1) is 24.1. The van der Waals surface area contributed by atoms with E-state index < -0.39 is 39.6 Å². The van der Waals surface area contributed by atoms with E-state index in [1.807, 2.05) is 12.1 Å². The number of nitrogens with zero attached hydrogens (tertiary/aromatic N) is 2. The van der Waals surface area contributed by atoms with Gasteiger partial charge in [0.15, 0.2) is 0 Å². The van der Waals surface area contributed by atoms with Crippen molar-refractivity contribution in [3.8, 4) is 0 Å². The quantitative estimate of drug-likeness (QED) is 0.222. The number of amides is 2. The molecule has 13 heteroatoms. The van der Waals surface area contributed by atoms with Crippen LogP contribution in [-0.2, 0) is 24.3 Å². The lowest BCUT2D eigenvalue weighted by molar-refractivity contribution is -0.121. The molecule has 1 N–H and O–H groups in total. The van der Waals surface area contributed by atoms with Crippen LogP contribution in [0, 0.1) is 11.7 Å². The number of allylic oxidation sites excluding steroid dienone is 3. The number of carbonyl (C=O) groups excluding carboxylic acids is 2. The number of sulfonamides is 1. The lowest BCUT2D eigenvalue weighted by atomic mass is 9.79. The van der Waals surface area contributed by atoms with Crippen molar-refractivity contribution >= 4 is 33.6 Å². The fraction of sp³-hybridized carbons (Fsp3) is 0.474. The average Bonchev–Trinajstić information content (AvgIpc) is 3.07. The van der Waals surface area contributed by atoms with E-state index >= 15 is 0 Å². The van der Waals surface area contributed by atoms with E-state index in [1.165, 1.54) is 27.4 Å². The predicted octanol–water partition coefficient (Wildman–Crippen LogP) is 7.90. The summed E-state index contributed by atoms with van der Waals surface area (Å²) in [5.41, 5.74) is 0.951. The van der Waals surface area contributed by atoms with E-state index in [9.17, 15) is 26.8 Å². The number of halogens is 3. The standard InChI is InChI=1S/C38H48ClF2N3O6S/c1-26(35(7-6-20-40)42-36(45)23-34(29-18-21-49-22-19-29)28-9-11-30(39)12-10-28)8-15-32-25-43(37(46)50-38(3,4)5)24-27(2)44(32)51(47,48)33-16-13-31(41)14-17-33/h6-7,9-14,16-17,20,27,29,32,34H,1,8,15,18-19,21-25H2,2-5H3,(H,42,45). The first-order valence-electron chi connectivity index (χ1n) is 17.1. The Kier molecular flexibility index (Phi) is 14.0. The third-order valence-electron chi connectivity index (χ3n) is 9.06. The Labute approximate surface area is 305 Å². The first kappa shape index (κ1) is 40.2. The zero-order valence-corrected chi connectivity index (χ0v) is 31.2. The zero-order valence-electron chi connectivity index (χ0n) is 29.6. The average molecular weight is 748 g/mol.